The number of benzene rings is 2. The summed E-state index contributed by atoms with van der Waals surface area (Å²) < 4.78 is 5.78. The van der Waals surface area contributed by atoms with Crippen molar-refractivity contribution in [2.45, 2.75) is 12.3 Å². The van der Waals surface area contributed by atoms with Gasteiger partial charge < -0.3 is 20.7 Å². The lowest BCUT2D eigenvalue weighted by Crippen LogP contribution is -2.11. The molecule has 0 saturated carbocycles. The minimum absolute atomic E-state index is 0.0601. The van der Waals surface area contributed by atoms with Gasteiger partial charge in [0, 0.05) is 17.7 Å². The lowest BCUT2D eigenvalue weighted by molar-refractivity contribution is -0.137. The van der Waals surface area contributed by atoms with Crippen LogP contribution in [0.15, 0.2) is 79.0 Å². The minimum Gasteiger partial charge on any atom is -0.481 e. The van der Waals surface area contributed by atoms with Gasteiger partial charge in [-0.2, -0.15) is 4.98 Å². The summed E-state index contributed by atoms with van der Waals surface area (Å²) in [6.07, 6.45) is 1.26. The molecule has 0 aliphatic rings. The number of anilines is 1. The monoisotopic (exact) mass is 456 g/mol. The van der Waals surface area contributed by atoms with E-state index in [1.165, 1.54) is 18.3 Å². The van der Waals surface area contributed by atoms with Crippen LogP contribution in [0.5, 0.6) is 11.8 Å². The first-order chi connectivity index (χ1) is 16.4. The van der Waals surface area contributed by atoms with Gasteiger partial charge in [-0.05, 0) is 60.2 Å². The highest BCUT2D eigenvalue weighted by atomic mass is 16.5. The van der Waals surface area contributed by atoms with E-state index in [2.05, 4.69) is 15.0 Å². The Balaban J connectivity index is 1.57. The number of nitrogens with zero attached hydrogens (tertiary/aromatic N) is 3. The number of ether oxygens (including phenoxy) is 1. The fourth-order valence-corrected chi connectivity index (χ4v) is 3.43. The predicted molar refractivity (Wildman–Crippen MR) is 124 cm³/mol. The zero-order chi connectivity index (χ0) is 24.1. The van der Waals surface area contributed by atoms with Crippen LogP contribution in [0.25, 0.3) is 11.3 Å². The molecule has 0 saturated heterocycles. The first kappa shape index (κ1) is 22.4. The molecule has 2 aromatic carbocycles. The molecular weight excluding hydrogens is 436 g/mol. The van der Waals surface area contributed by atoms with Crippen molar-refractivity contribution in [1.82, 2.24) is 15.0 Å². The van der Waals surface area contributed by atoms with Crippen molar-refractivity contribution >= 4 is 17.8 Å². The maximum absolute atomic E-state index is 11.5. The summed E-state index contributed by atoms with van der Waals surface area (Å²) in [6.45, 7) is 0. The van der Waals surface area contributed by atoms with Crippen molar-refractivity contribution in [3.63, 3.8) is 0 Å². The molecule has 9 heteroatoms. The molecule has 34 heavy (non-hydrogen) atoms. The van der Waals surface area contributed by atoms with E-state index in [-0.39, 0.29) is 18.0 Å². The van der Waals surface area contributed by atoms with E-state index < -0.39 is 17.9 Å². The Hall–Kier alpha value is -4.79. The zero-order valence-corrected chi connectivity index (χ0v) is 17.8. The Bertz CT molecular complexity index is 1320. The summed E-state index contributed by atoms with van der Waals surface area (Å²) >= 11 is 0. The van der Waals surface area contributed by atoms with E-state index in [1.807, 2.05) is 24.3 Å². The number of nitrogens with two attached hydrogens (primary N) is 1. The topological polar surface area (TPSA) is 149 Å². The van der Waals surface area contributed by atoms with Crippen LogP contribution in [-0.2, 0) is 4.79 Å². The molecule has 1 unspecified atom stereocenters. The summed E-state index contributed by atoms with van der Waals surface area (Å²) in [4.78, 5) is 35.4. The molecule has 0 fully saturated rings. The highest BCUT2D eigenvalue weighted by Gasteiger charge is 2.21. The second-order valence-electron chi connectivity index (χ2n) is 7.42. The lowest BCUT2D eigenvalue weighted by Gasteiger charge is -2.16. The van der Waals surface area contributed by atoms with Gasteiger partial charge in [0.2, 0.25) is 0 Å². The van der Waals surface area contributed by atoms with Gasteiger partial charge in [0.1, 0.15) is 11.6 Å². The van der Waals surface area contributed by atoms with Crippen LogP contribution in [0.4, 0.5) is 5.82 Å². The van der Waals surface area contributed by atoms with Crippen molar-refractivity contribution in [2.24, 2.45) is 0 Å². The number of carbonyl (C=O) groups is 2. The molecule has 0 aliphatic carbocycles. The molecular formula is C25H20N4O5. The Morgan fingerprint density at radius 2 is 1.65 bits per heavy atom. The fourth-order valence-electron chi connectivity index (χ4n) is 3.43. The number of aromatic nitrogens is 3. The molecule has 1 atom stereocenters. The van der Waals surface area contributed by atoms with Crippen molar-refractivity contribution in [1.29, 1.82) is 0 Å². The van der Waals surface area contributed by atoms with Gasteiger partial charge >= 0.3 is 17.9 Å². The largest absolute Gasteiger partial charge is 0.481 e. The number of hydrogen-bond acceptors (Lipinski definition) is 7. The minimum atomic E-state index is -1.06. The highest BCUT2D eigenvalue weighted by molar-refractivity contribution is 5.87. The van der Waals surface area contributed by atoms with Crippen molar-refractivity contribution in [3.8, 4) is 23.0 Å². The summed E-state index contributed by atoms with van der Waals surface area (Å²) in [5, 5.41) is 18.5. The molecule has 4 N–H and O–H groups in total. The maximum Gasteiger partial charge on any atom is 0.335 e. The number of rotatable bonds is 8. The second-order valence-corrected chi connectivity index (χ2v) is 7.42. The molecule has 2 aromatic heterocycles. The first-order valence-corrected chi connectivity index (χ1v) is 10.3. The fraction of sp³-hybridized carbons (Fsp3) is 0.0800. The van der Waals surface area contributed by atoms with E-state index in [4.69, 9.17) is 15.6 Å². The number of aliphatic carboxylic acids is 1. The molecule has 2 heterocycles. The Kier molecular flexibility index (Phi) is 6.45. The molecule has 0 amide bonds. The van der Waals surface area contributed by atoms with E-state index in [0.29, 0.717) is 22.8 Å². The zero-order valence-electron chi connectivity index (χ0n) is 17.8. The van der Waals surface area contributed by atoms with Crippen molar-refractivity contribution in [3.05, 3.63) is 95.8 Å². The van der Waals surface area contributed by atoms with E-state index in [9.17, 15) is 14.7 Å². The van der Waals surface area contributed by atoms with Crippen LogP contribution < -0.4 is 10.5 Å². The highest BCUT2D eigenvalue weighted by Crippen LogP contribution is 2.29. The van der Waals surface area contributed by atoms with Crippen LogP contribution in [0.2, 0.25) is 0 Å². The van der Waals surface area contributed by atoms with Crippen LogP contribution in [-0.4, -0.2) is 37.1 Å². The van der Waals surface area contributed by atoms with Gasteiger partial charge in [-0.3, -0.25) is 4.79 Å². The lowest BCUT2D eigenvalue weighted by atomic mass is 9.91. The van der Waals surface area contributed by atoms with Gasteiger partial charge in [0.05, 0.1) is 23.4 Å². The normalized spacial score (nSPS) is 11.5. The van der Waals surface area contributed by atoms with Crippen molar-refractivity contribution in [2.75, 3.05) is 5.73 Å². The first-order valence-electron chi connectivity index (χ1n) is 10.3. The predicted octanol–water partition coefficient (Wildman–Crippen LogP) is 4.22. The SMILES string of the molecule is Nc1cccc(-c2ccc(Oc3nccc(C(CC(=O)O)c4ccc(C(=O)O)cc4)n3)cc2)n1. The molecule has 9 nitrogen and oxygen atoms in total. The smallest absolute Gasteiger partial charge is 0.335 e. The van der Waals surface area contributed by atoms with Crippen LogP contribution in [0, 0.1) is 0 Å². The maximum atomic E-state index is 11.5. The molecule has 0 spiro atoms. The van der Waals surface area contributed by atoms with Crippen LogP contribution in [0.3, 0.4) is 0 Å². The third kappa shape index (κ3) is 5.33. The Morgan fingerprint density at radius 3 is 2.29 bits per heavy atom. The van der Waals surface area contributed by atoms with E-state index >= 15 is 0 Å². The summed E-state index contributed by atoms with van der Waals surface area (Å²) in [5.74, 6) is -1.76. The Labute approximate surface area is 194 Å². The molecule has 170 valence electrons. The quantitative estimate of drug-likeness (QED) is 0.354. The van der Waals surface area contributed by atoms with Gasteiger partial charge in [0.25, 0.3) is 0 Å². The van der Waals surface area contributed by atoms with Gasteiger partial charge in [-0.25, -0.2) is 14.8 Å². The third-order valence-electron chi connectivity index (χ3n) is 5.08. The average Bonchev–Trinajstić information content (AvgIpc) is 2.83. The summed E-state index contributed by atoms with van der Waals surface area (Å²) in [7, 11) is 0. The number of aromatic carboxylic acids is 1. The van der Waals surface area contributed by atoms with Gasteiger partial charge in [-0.1, -0.05) is 18.2 Å². The number of carboxylic acid groups (broad SMARTS) is 2. The number of carboxylic acids is 2. The van der Waals surface area contributed by atoms with E-state index in [0.717, 1.165) is 11.3 Å². The second kappa shape index (κ2) is 9.78. The standard InChI is InChI=1S/C25H20N4O5/c26-22-3-1-2-20(28-22)16-8-10-18(11-9-16)34-25-27-13-12-21(29-25)19(14-23(30)31)15-4-6-17(7-5-15)24(32)33/h1-13,19H,14H2,(H2,26,28)(H,30,31)(H,32,33). The van der Waals surface area contributed by atoms with Gasteiger partial charge in [-0.15, -0.1) is 0 Å². The number of hydrogen-bond donors (Lipinski definition) is 3. The van der Waals surface area contributed by atoms with Crippen molar-refractivity contribution < 1.29 is 24.5 Å². The van der Waals surface area contributed by atoms with E-state index in [1.54, 1.807) is 36.4 Å². The Morgan fingerprint density at radius 1 is 0.912 bits per heavy atom. The molecule has 4 aromatic rings. The molecule has 0 radical (unpaired) electrons. The van der Waals surface area contributed by atoms with Gasteiger partial charge in [0.15, 0.2) is 0 Å². The molecule has 0 bridgehead atoms. The van der Waals surface area contributed by atoms with Crippen LogP contribution in [0.1, 0.15) is 34.0 Å². The molecule has 0 aliphatic heterocycles. The molecule has 4 rings (SSSR count). The third-order valence-corrected chi connectivity index (χ3v) is 5.08. The van der Waals surface area contributed by atoms with Crippen LogP contribution >= 0.6 is 0 Å². The summed E-state index contributed by atoms with van der Waals surface area (Å²) in [5.41, 5.74) is 8.51. The number of nitrogen functional groups attached to an aromatic ring is 1. The average molecular weight is 456 g/mol. The number of pyridine rings is 1. The summed E-state index contributed by atoms with van der Waals surface area (Å²) in [6, 6.07) is 20.2.